The molecule has 1 aliphatic heterocycles. The van der Waals surface area contributed by atoms with Crippen molar-refractivity contribution in [1.82, 2.24) is 0 Å². The lowest BCUT2D eigenvalue weighted by molar-refractivity contribution is -0.279. The van der Waals surface area contributed by atoms with Crippen molar-refractivity contribution in [2.45, 2.75) is 30.7 Å². The molecule has 0 aromatic rings. The molecule has 0 radical (unpaired) electrons. The highest BCUT2D eigenvalue weighted by Gasteiger charge is 2.46. The Kier molecular flexibility index (Phi) is 2.84. The van der Waals surface area contributed by atoms with E-state index in [1.165, 1.54) is 0 Å². The zero-order valence-electron chi connectivity index (χ0n) is 6.44. The monoisotopic (exact) mass is 194 g/mol. The Balaban J connectivity index is 2.76. The number of rotatable bonds is 1. The zero-order chi connectivity index (χ0) is 10.2. The topological polar surface area (TPSA) is 127 Å². The number of hydrogen-bond acceptors (Lipinski definition) is 6. The van der Waals surface area contributed by atoms with Crippen LogP contribution in [0.1, 0.15) is 0 Å². The van der Waals surface area contributed by atoms with Crippen molar-refractivity contribution in [3.8, 4) is 0 Å². The molecule has 1 fully saturated rings. The highest BCUT2D eigenvalue weighted by atomic mass is 16.6. The van der Waals surface area contributed by atoms with E-state index in [1.807, 2.05) is 0 Å². The van der Waals surface area contributed by atoms with Gasteiger partial charge >= 0.3 is 5.97 Å². The van der Waals surface area contributed by atoms with Gasteiger partial charge in [-0.3, -0.25) is 0 Å². The van der Waals surface area contributed by atoms with Gasteiger partial charge in [0.05, 0.1) is 0 Å². The lowest BCUT2D eigenvalue weighted by Crippen LogP contribution is -2.59. The fraction of sp³-hybridized carbons (Fsp3) is 0.833. The van der Waals surface area contributed by atoms with Gasteiger partial charge in [0.25, 0.3) is 0 Å². The minimum Gasteiger partial charge on any atom is -0.479 e. The van der Waals surface area contributed by atoms with E-state index in [1.54, 1.807) is 0 Å². The maximum atomic E-state index is 10.4. The Labute approximate surface area is 72.8 Å². The first-order chi connectivity index (χ1) is 5.95. The second kappa shape index (κ2) is 3.56. The van der Waals surface area contributed by atoms with E-state index < -0.39 is 36.7 Å². The van der Waals surface area contributed by atoms with Crippen molar-refractivity contribution in [2.24, 2.45) is 0 Å². The number of carboxylic acid groups (broad SMARTS) is 1. The molecule has 5 N–H and O–H groups in total. The number of hydrogen-bond donors (Lipinski definition) is 5. The van der Waals surface area contributed by atoms with E-state index in [2.05, 4.69) is 4.74 Å². The fourth-order valence-electron chi connectivity index (χ4n) is 1.07. The van der Waals surface area contributed by atoms with Crippen LogP contribution in [0.15, 0.2) is 0 Å². The van der Waals surface area contributed by atoms with E-state index in [0.717, 1.165) is 0 Å². The van der Waals surface area contributed by atoms with Crippen LogP contribution in [0.25, 0.3) is 0 Å². The largest absolute Gasteiger partial charge is 0.479 e. The number of aliphatic hydroxyl groups excluding tert-OH is 4. The molecule has 1 saturated heterocycles. The molecule has 76 valence electrons. The smallest absolute Gasteiger partial charge is 0.335 e. The molecule has 1 heterocycles. The summed E-state index contributed by atoms with van der Waals surface area (Å²) in [5.74, 6) is -1.52. The van der Waals surface area contributed by atoms with Crippen LogP contribution in [0.4, 0.5) is 0 Å². The van der Waals surface area contributed by atoms with Crippen LogP contribution >= 0.6 is 0 Å². The van der Waals surface area contributed by atoms with Crippen LogP contribution < -0.4 is 0 Å². The van der Waals surface area contributed by atoms with E-state index in [4.69, 9.17) is 25.5 Å². The molecule has 0 spiro atoms. The van der Waals surface area contributed by atoms with E-state index in [9.17, 15) is 4.79 Å². The van der Waals surface area contributed by atoms with Gasteiger partial charge in [-0.25, -0.2) is 4.79 Å². The van der Waals surface area contributed by atoms with E-state index in [-0.39, 0.29) is 0 Å². The molecule has 7 heteroatoms. The first-order valence-corrected chi connectivity index (χ1v) is 3.55. The normalized spacial score (nSPS) is 46.0. The SMILES string of the molecule is O=C(O)[C@@H]1O[C@H](O)[C@@H](O)[C@@H](O)[C@@H]1O. The summed E-state index contributed by atoms with van der Waals surface area (Å²) in [6.07, 6.45) is -8.72. The first kappa shape index (κ1) is 10.4. The van der Waals surface area contributed by atoms with Gasteiger partial charge in [0, 0.05) is 0 Å². The van der Waals surface area contributed by atoms with Crippen molar-refractivity contribution in [1.29, 1.82) is 0 Å². The standard InChI is InChI=1S/C6H10O7/c7-1-2(8)4(5(10)11)13-6(12)3(1)9/h1-4,6-9,12H,(H,10,11)/t1-,2-,3-,4+,6-/m0/s1. The fourth-order valence-corrected chi connectivity index (χ4v) is 1.07. The number of aliphatic hydroxyl groups is 4. The molecule has 0 unspecified atom stereocenters. The summed E-state index contributed by atoms with van der Waals surface area (Å²) in [6, 6.07) is 0. The molecule has 0 amide bonds. The first-order valence-electron chi connectivity index (χ1n) is 3.55. The Morgan fingerprint density at radius 3 is 2.00 bits per heavy atom. The summed E-state index contributed by atoms with van der Waals surface area (Å²) >= 11 is 0. The summed E-state index contributed by atoms with van der Waals surface area (Å²) in [5, 5.41) is 44.4. The molecule has 1 rings (SSSR count). The Hall–Kier alpha value is -0.730. The molecule has 13 heavy (non-hydrogen) atoms. The molecule has 0 bridgehead atoms. The lowest BCUT2D eigenvalue weighted by Gasteiger charge is -2.36. The summed E-state index contributed by atoms with van der Waals surface area (Å²) < 4.78 is 4.34. The molecule has 0 aromatic heterocycles. The van der Waals surface area contributed by atoms with Crippen LogP contribution in [0.3, 0.4) is 0 Å². The van der Waals surface area contributed by atoms with E-state index in [0.29, 0.717) is 0 Å². The number of ether oxygens (including phenoxy) is 1. The average Bonchev–Trinajstić information content (AvgIpc) is 2.07. The van der Waals surface area contributed by atoms with Gasteiger partial charge < -0.3 is 30.3 Å². The Bertz CT molecular complexity index is 205. The van der Waals surface area contributed by atoms with E-state index >= 15 is 0 Å². The molecule has 5 atom stereocenters. The Morgan fingerprint density at radius 1 is 1.00 bits per heavy atom. The molecule has 0 saturated carbocycles. The van der Waals surface area contributed by atoms with Gasteiger partial charge in [0.1, 0.15) is 18.3 Å². The quantitative estimate of drug-likeness (QED) is 0.298. The summed E-state index contributed by atoms with van der Waals surface area (Å²) in [6.45, 7) is 0. The maximum absolute atomic E-state index is 10.4. The highest BCUT2D eigenvalue weighted by molar-refractivity contribution is 5.73. The third kappa shape index (κ3) is 1.79. The predicted octanol–water partition coefficient (Wildman–Crippen LogP) is -3.13. The van der Waals surface area contributed by atoms with Crippen LogP contribution in [-0.4, -0.2) is 62.2 Å². The second-order valence-corrected chi connectivity index (χ2v) is 2.76. The van der Waals surface area contributed by atoms with Crippen LogP contribution in [0, 0.1) is 0 Å². The minimum atomic E-state index is -1.81. The van der Waals surface area contributed by atoms with Crippen molar-refractivity contribution >= 4 is 5.97 Å². The molecule has 0 aromatic carbocycles. The third-order valence-electron chi connectivity index (χ3n) is 1.83. The van der Waals surface area contributed by atoms with Crippen LogP contribution in [-0.2, 0) is 9.53 Å². The maximum Gasteiger partial charge on any atom is 0.335 e. The van der Waals surface area contributed by atoms with Crippen LogP contribution in [0.2, 0.25) is 0 Å². The zero-order valence-corrected chi connectivity index (χ0v) is 6.44. The van der Waals surface area contributed by atoms with Gasteiger partial charge in [-0.1, -0.05) is 0 Å². The number of aliphatic carboxylic acids is 1. The van der Waals surface area contributed by atoms with Gasteiger partial charge in [-0.2, -0.15) is 0 Å². The van der Waals surface area contributed by atoms with Crippen molar-refractivity contribution in [3.05, 3.63) is 0 Å². The summed E-state index contributed by atoms with van der Waals surface area (Å²) in [4.78, 5) is 10.4. The molecule has 7 nitrogen and oxygen atoms in total. The van der Waals surface area contributed by atoms with Crippen molar-refractivity contribution in [2.75, 3.05) is 0 Å². The second-order valence-electron chi connectivity index (χ2n) is 2.76. The summed E-state index contributed by atoms with van der Waals surface area (Å²) in [7, 11) is 0. The molecule has 1 aliphatic rings. The number of carbonyl (C=O) groups is 1. The minimum absolute atomic E-state index is 1.52. The van der Waals surface area contributed by atoms with Crippen molar-refractivity contribution in [3.63, 3.8) is 0 Å². The third-order valence-corrected chi connectivity index (χ3v) is 1.83. The predicted molar refractivity (Wildman–Crippen MR) is 36.5 cm³/mol. The van der Waals surface area contributed by atoms with Crippen molar-refractivity contribution < 1.29 is 35.1 Å². The lowest BCUT2D eigenvalue weighted by atomic mass is 9.99. The van der Waals surface area contributed by atoms with Gasteiger partial charge in [-0.15, -0.1) is 0 Å². The Morgan fingerprint density at radius 2 is 1.54 bits per heavy atom. The van der Waals surface area contributed by atoms with Gasteiger partial charge in [0.2, 0.25) is 0 Å². The molecule has 0 aliphatic carbocycles. The molecular formula is C6H10O7. The van der Waals surface area contributed by atoms with Crippen LogP contribution in [0.5, 0.6) is 0 Å². The van der Waals surface area contributed by atoms with Gasteiger partial charge in [0.15, 0.2) is 12.4 Å². The average molecular weight is 194 g/mol. The number of carboxylic acids is 1. The highest BCUT2D eigenvalue weighted by Crippen LogP contribution is 2.19. The summed E-state index contributed by atoms with van der Waals surface area (Å²) in [5.41, 5.74) is 0. The molecular weight excluding hydrogens is 184 g/mol. The van der Waals surface area contributed by atoms with Gasteiger partial charge in [-0.05, 0) is 0 Å².